The highest BCUT2D eigenvalue weighted by Gasteiger charge is 2.34. The van der Waals surface area contributed by atoms with Crippen molar-refractivity contribution < 1.29 is 14.2 Å². The number of rotatable bonds is 7. The highest BCUT2D eigenvalue weighted by Crippen LogP contribution is 2.41. The van der Waals surface area contributed by atoms with E-state index in [2.05, 4.69) is 19.8 Å². The molecule has 2 aliphatic heterocycles. The number of phenols is 1. The molecule has 2 aromatic carbocycles. The van der Waals surface area contributed by atoms with Crippen LogP contribution in [-0.4, -0.2) is 64.3 Å². The van der Waals surface area contributed by atoms with Crippen LogP contribution in [0.25, 0.3) is 32.9 Å². The fourth-order valence-electron chi connectivity index (χ4n) is 7.02. The summed E-state index contributed by atoms with van der Waals surface area (Å²) < 4.78 is 22.5. The first-order valence-electron chi connectivity index (χ1n) is 14.8. The lowest BCUT2D eigenvalue weighted by molar-refractivity contribution is 0.201. The molecule has 1 saturated carbocycles. The van der Waals surface area contributed by atoms with Crippen LogP contribution in [0, 0.1) is 17.7 Å². The molecule has 8 heteroatoms. The van der Waals surface area contributed by atoms with Gasteiger partial charge in [-0.05, 0) is 86.4 Å². The van der Waals surface area contributed by atoms with E-state index in [-0.39, 0.29) is 23.0 Å². The van der Waals surface area contributed by atoms with Crippen molar-refractivity contribution in [2.75, 3.05) is 44.2 Å². The van der Waals surface area contributed by atoms with Crippen molar-refractivity contribution in [3.05, 3.63) is 48.4 Å². The first kappa shape index (κ1) is 25.4. The van der Waals surface area contributed by atoms with Crippen molar-refractivity contribution in [2.45, 2.75) is 44.9 Å². The molecule has 2 unspecified atom stereocenters. The van der Waals surface area contributed by atoms with E-state index in [0.717, 1.165) is 49.9 Å². The Bertz CT molecular complexity index is 1530. The van der Waals surface area contributed by atoms with E-state index in [0.29, 0.717) is 35.2 Å². The predicted octanol–water partition coefficient (Wildman–Crippen LogP) is 6.18. The van der Waals surface area contributed by atoms with Gasteiger partial charge in [0.25, 0.3) is 0 Å². The highest BCUT2D eigenvalue weighted by molar-refractivity contribution is 5.99. The number of pyridine rings is 1. The van der Waals surface area contributed by atoms with E-state index in [4.69, 9.17) is 9.72 Å². The van der Waals surface area contributed by atoms with Crippen LogP contribution in [0.2, 0.25) is 0 Å². The molecule has 0 spiro atoms. The van der Waals surface area contributed by atoms with Gasteiger partial charge in [-0.25, -0.2) is 4.39 Å². The fourth-order valence-corrected chi connectivity index (χ4v) is 7.02. The summed E-state index contributed by atoms with van der Waals surface area (Å²) in [6, 6.07) is 11.1. The maximum Gasteiger partial charge on any atom is 0.319 e. The molecule has 2 aromatic heterocycles. The molecule has 4 aromatic rings. The van der Waals surface area contributed by atoms with Crippen LogP contribution in [0.15, 0.2) is 42.6 Å². The number of aromatic hydroxyl groups is 1. The molecule has 4 heterocycles. The van der Waals surface area contributed by atoms with E-state index < -0.39 is 5.82 Å². The standard InChI is InChI=1S/C32H36FN5O2/c33-28-29(26-17-24(39)16-23-7-2-3-8-25(23)26)34-18-27-30(28)35-32(40-14-6-13-37-11-4-1-5-12-37)36-31(27)38-19-21-9-10-22(15-21)20-38/h2-3,7-8,16-18,21-22,39H,1,4-6,9-15,19-20H2. The van der Waals surface area contributed by atoms with Crippen molar-refractivity contribution in [1.29, 1.82) is 0 Å². The van der Waals surface area contributed by atoms with Gasteiger partial charge in [0.15, 0.2) is 5.82 Å². The number of phenolic OH excluding ortho intramolecular Hbond substituents is 1. The lowest BCUT2D eigenvalue weighted by Gasteiger charge is -2.33. The van der Waals surface area contributed by atoms with E-state index in [9.17, 15) is 5.11 Å². The molecule has 7 rings (SSSR count). The maximum absolute atomic E-state index is 16.4. The Morgan fingerprint density at radius 1 is 0.975 bits per heavy atom. The molecular formula is C32H36FN5O2. The summed E-state index contributed by atoms with van der Waals surface area (Å²) in [4.78, 5) is 18.8. The predicted molar refractivity (Wildman–Crippen MR) is 155 cm³/mol. The number of halogens is 1. The number of ether oxygens (including phenoxy) is 1. The maximum atomic E-state index is 16.4. The van der Waals surface area contributed by atoms with Crippen molar-refractivity contribution in [2.24, 2.45) is 11.8 Å². The summed E-state index contributed by atoms with van der Waals surface area (Å²) in [6.07, 6.45) is 10.2. The highest BCUT2D eigenvalue weighted by atomic mass is 19.1. The molecule has 2 saturated heterocycles. The molecule has 208 valence electrons. The van der Waals surface area contributed by atoms with Crippen molar-refractivity contribution in [3.8, 4) is 23.0 Å². The van der Waals surface area contributed by atoms with E-state index in [1.807, 2.05) is 24.3 Å². The van der Waals surface area contributed by atoms with Crippen LogP contribution in [0.4, 0.5) is 10.2 Å². The van der Waals surface area contributed by atoms with Crippen molar-refractivity contribution in [1.82, 2.24) is 19.9 Å². The molecule has 3 fully saturated rings. The van der Waals surface area contributed by atoms with Crippen LogP contribution in [0.1, 0.15) is 44.9 Å². The molecular weight excluding hydrogens is 505 g/mol. The van der Waals surface area contributed by atoms with Crippen LogP contribution in [-0.2, 0) is 0 Å². The molecule has 2 atom stereocenters. The van der Waals surface area contributed by atoms with E-state index >= 15 is 4.39 Å². The number of nitrogens with zero attached hydrogens (tertiary/aromatic N) is 5. The van der Waals surface area contributed by atoms with Gasteiger partial charge in [-0.2, -0.15) is 9.97 Å². The smallest absolute Gasteiger partial charge is 0.319 e. The lowest BCUT2D eigenvalue weighted by atomic mass is 9.98. The first-order valence-corrected chi connectivity index (χ1v) is 14.8. The average Bonchev–Trinajstić information content (AvgIpc) is 3.32. The topological polar surface area (TPSA) is 74.6 Å². The van der Waals surface area contributed by atoms with Crippen LogP contribution in [0.3, 0.4) is 0 Å². The zero-order chi connectivity index (χ0) is 27.1. The second-order valence-corrected chi connectivity index (χ2v) is 11.8. The Morgan fingerprint density at radius 2 is 1.77 bits per heavy atom. The molecule has 40 heavy (non-hydrogen) atoms. The average molecular weight is 542 g/mol. The SMILES string of the molecule is Oc1cc(-c2ncc3c(N4CC5CCC(C5)C4)nc(OCCCN4CCCCC4)nc3c2F)c2ccccc2c1. The Morgan fingerprint density at radius 3 is 2.60 bits per heavy atom. The number of fused-ring (bicyclic) bond motifs is 4. The first-order chi connectivity index (χ1) is 19.6. The van der Waals surface area contributed by atoms with Crippen LogP contribution in [0.5, 0.6) is 11.8 Å². The summed E-state index contributed by atoms with van der Waals surface area (Å²) in [6.45, 7) is 5.61. The van der Waals surface area contributed by atoms with Gasteiger partial charge in [0.05, 0.1) is 12.0 Å². The third-order valence-electron chi connectivity index (χ3n) is 8.95. The number of likely N-dealkylation sites (tertiary alicyclic amines) is 1. The van der Waals surface area contributed by atoms with Gasteiger partial charge in [-0.3, -0.25) is 4.98 Å². The summed E-state index contributed by atoms with van der Waals surface area (Å²) >= 11 is 0. The second kappa shape index (κ2) is 10.8. The molecule has 7 nitrogen and oxygen atoms in total. The molecule has 1 aliphatic carbocycles. The van der Waals surface area contributed by atoms with Gasteiger partial charge in [-0.1, -0.05) is 30.7 Å². The zero-order valence-corrected chi connectivity index (χ0v) is 22.9. The monoisotopic (exact) mass is 541 g/mol. The summed E-state index contributed by atoms with van der Waals surface area (Å²) in [5, 5.41) is 12.6. The minimum atomic E-state index is -0.518. The molecule has 2 bridgehead atoms. The zero-order valence-electron chi connectivity index (χ0n) is 22.9. The van der Waals surface area contributed by atoms with Crippen molar-refractivity contribution in [3.63, 3.8) is 0 Å². The van der Waals surface area contributed by atoms with Gasteiger partial charge in [0, 0.05) is 31.4 Å². The van der Waals surface area contributed by atoms with Gasteiger partial charge >= 0.3 is 6.01 Å². The number of hydrogen-bond acceptors (Lipinski definition) is 7. The lowest BCUT2D eigenvalue weighted by Crippen LogP contribution is -2.37. The summed E-state index contributed by atoms with van der Waals surface area (Å²) in [5.74, 6) is 1.56. The normalized spacial score (nSPS) is 21.4. The molecule has 0 amide bonds. The summed E-state index contributed by atoms with van der Waals surface area (Å²) in [5.41, 5.74) is 0.917. The number of anilines is 1. The third kappa shape index (κ3) is 4.94. The fraction of sp³-hybridized carbons (Fsp3) is 0.469. The van der Waals surface area contributed by atoms with Gasteiger partial charge in [0.2, 0.25) is 0 Å². The van der Waals surface area contributed by atoms with Gasteiger partial charge in [-0.15, -0.1) is 0 Å². The molecule has 0 radical (unpaired) electrons. The number of hydrogen-bond donors (Lipinski definition) is 1. The number of aromatic nitrogens is 3. The van der Waals surface area contributed by atoms with Crippen LogP contribution >= 0.6 is 0 Å². The van der Waals surface area contributed by atoms with E-state index in [1.165, 1.54) is 38.5 Å². The molecule has 3 aliphatic rings. The van der Waals surface area contributed by atoms with E-state index in [1.54, 1.807) is 18.3 Å². The largest absolute Gasteiger partial charge is 0.508 e. The Balaban J connectivity index is 1.26. The quantitative estimate of drug-likeness (QED) is 0.280. The molecule has 1 N–H and O–H groups in total. The Hall–Kier alpha value is -3.52. The van der Waals surface area contributed by atoms with Crippen LogP contribution < -0.4 is 9.64 Å². The van der Waals surface area contributed by atoms with Gasteiger partial charge < -0.3 is 19.6 Å². The number of benzene rings is 2. The minimum Gasteiger partial charge on any atom is -0.508 e. The number of piperidine rings is 2. The Labute approximate surface area is 234 Å². The minimum absolute atomic E-state index is 0.0693. The third-order valence-corrected chi connectivity index (χ3v) is 8.95. The Kier molecular flexibility index (Phi) is 6.87. The van der Waals surface area contributed by atoms with Crippen molar-refractivity contribution >= 4 is 27.5 Å². The van der Waals surface area contributed by atoms with Gasteiger partial charge in [0.1, 0.15) is 22.8 Å². The second-order valence-electron chi connectivity index (χ2n) is 11.8. The summed E-state index contributed by atoms with van der Waals surface area (Å²) in [7, 11) is 0.